The zero-order chi connectivity index (χ0) is 13.6. The minimum atomic E-state index is -3.24. The highest BCUT2D eigenvalue weighted by Crippen LogP contribution is 2.08. The minimum Gasteiger partial charge on any atom is -0.352 e. The second-order valence-corrected chi connectivity index (χ2v) is 6.09. The zero-order valence-corrected chi connectivity index (χ0v) is 11.5. The lowest BCUT2D eigenvalue weighted by atomic mass is 10.2. The lowest BCUT2D eigenvalue weighted by Crippen LogP contribution is -2.29. The average Bonchev–Trinajstić information content (AvgIpc) is 2.26. The normalized spacial score (nSPS) is 11.2. The van der Waals surface area contributed by atoms with Crippen molar-refractivity contribution in [1.82, 2.24) is 10.0 Å². The smallest absolute Gasteiger partial charge is 0.221 e. The Labute approximate surface area is 112 Å². The number of halogens is 1. The first-order valence-electron chi connectivity index (χ1n) is 5.32. The summed E-state index contributed by atoms with van der Waals surface area (Å²) < 4.78 is 23.8. The van der Waals surface area contributed by atoms with Crippen LogP contribution in [-0.4, -0.2) is 27.1 Å². The molecule has 5 nitrogen and oxygen atoms in total. The minimum absolute atomic E-state index is 0.102. The molecule has 18 heavy (non-hydrogen) atoms. The quantitative estimate of drug-likeness (QED) is 0.817. The largest absolute Gasteiger partial charge is 0.352 e. The summed E-state index contributed by atoms with van der Waals surface area (Å²) in [4.78, 5) is 11.4. The highest BCUT2D eigenvalue weighted by Gasteiger charge is 2.04. The Kier molecular flexibility index (Phi) is 5.58. The summed E-state index contributed by atoms with van der Waals surface area (Å²) in [5, 5.41) is 3.33. The van der Waals surface area contributed by atoms with Crippen LogP contribution in [0.2, 0.25) is 5.02 Å². The number of benzene rings is 1. The first kappa shape index (κ1) is 14.9. The van der Waals surface area contributed by atoms with Crippen LogP contribution >= 0.6 is 11.6 Å². The molecule has 0 unspecified atom stereocenters. The van der Waals surface area contributed by atoms with Crippen molar-refractivity contribution in [2.24, 2.45) is 0 Å². The third-order valence-corrected chi connectivity index (χ3v) is 3.10. The first-order chi connectivity index (χ1) is 8.37. The molecule has 0 heterocycles. The fourth-order valence-electron chi connectivity index (χ4n) is 1.24. The Morgan fingerprint density at radius 3 is 2.44 bits per heavy atom. The third kappa shape index (κ3) is 6.58. The third-order valence-electron chi connectivity index (χ3n) is 2.12. The molecule has 7 heteroatoms. The second-order valence-electron chi connectivity index (χ2n) is 3.82. The van der Waals surface area contributed by atoms with Crippen molar-refractivity contribution < 1.29 is 13.2 Å². The maximum atomic E-state index is 11.4. The van der Waals surface area contributed by atoms with E-state index in [1.807, 2.05) is 12.1 Å². The fraction of sp³-hybridized carbons (Fsp3) is 0.364. The maximum Gasteiger partial charge on any atom is 0.221 e. The molecule has 0 aliphatic rings. The van der Waals surface area contributed by atoms with Crippen LogP contribution in [0.1, 0.15) is 12.0 Å². The Hall–Kier alpha value is -1.11. The van der Waals surface area contributed by atoms with E-state index in [9.17, 15) is 13.2 Å². The van der Waals surface area contributed by atoms with Gasteiger partial charge in [-0.25, -0.2) is 13.1 Å². The molecule has 2 N–H and O–H groups in total. The average molecular weight is 291 g/mol. The molecule has 0 aliphatic heterocycles. The van der Waals surface area contributed by atoms with Crippen LogP contribution in [0.3, 0.4) is 0 Å². The van der Waals surface area contributed by atoms with Crippen molar-refractivity contribution >= 4 is 27.5 Å². The molecular formula is C11H15ClN2O3S. The summed E-state index contributed by atoms with van der Waals surface area (Å²) in [7, 11) is -3.24. The molecule has 0 saturated heterocycles. The van der Waals surface area contributed by atoms with Crippen molar-refractivity contribution in [2.45, 2.75) is 13.0 Å². The van der Waals surface area contributed by atoms with Crippen LogP contribution in [0.25, 0.3) is 0 Å². The van der Waals surface area contributed by atoms with Gasteiger partial charge in [0.25, 0.3) is 0 Å². The molecule has 0 spiro atoms. The number of carbonyl (C=O) groups excluding carboxylic acids is 1. The lowest BCUT2D eigenvalue weighted by molar-refractivity contribution is -0.121. The Balaban J connectivity index is 2.27. The summed E-state index contributed by atoms with van der Waals surface area (Å²) in [6.07, 6.45) is 1.17. The van der Waals surface area contributed by atoms with Gasteiger partial charge in [0, 0.05) is 24.5 Å². The number of amides is 1. The number of nitrogens with one attached hydrogen (secondary N) is 2. The molecule has 100 valence electrons. The molecule has 1 aromatic carbocycles. The zero-order valence-electron chi connectivity index (χ0n) is 9.94. The van der Waals surface area contributed by atoms with Gasteiger partial charge in [0.15, 0.2) is 0 Å². The van der Waals surface area contributed by atoms with Crippen molar-refractivity contribution in [3.8, 4) is 0 Å². The van der Waals surface area contributed by atoms with Crippen LogP contribution in [0, 0.1) is 0 Å². The summed E-state index contributed by atoms with van der Waals surface area (Å²) in [5.74, 6) is -0.207. The van der Waals surface area contributed by atoms with Crippen LogP contribution in [0.4, 0.5) is 0 Å². The number of carbonyl (C=O) groups is 1. The Bertz CT molecular complexity index is 500. The van der Waals surface area contributed by atoms with E-state index in [1.54, 1.807) is 12.1 Å². The van der Waals surface area contributed by atoms with Crippen LogP contribution in [-0.2, 0) is 21.4 Å². The molecule has 0 aromatic heterocycles. The van der Waals surface area contributed by atoms with E-state index < -0.39 is 10.0 Å². The van der Waals surface area contributed by atoms with E-state index in [2.05, 4.69) is 10.0 Å². The predicted molar refractivity (Wildman–Crippen MR) is 70.8 cm³/mol. The predicted octanol–water partition coefficient (Wildman–Crippen LogP) is 0.896. The standard InChI is InChI=1S/C11H15ClN2O3S/c1-18(16,17)14-7-6-11(15)13-8-9-2-4-10(12)5-3-9/h2-5,14H,6-8H2,1H3,(H,13,15). The molecule has 1 rings (SSSR count). The highest BCUT2D eigenvalue weighted by molar-refractivity contribution is 7.88. The molecule has 0 fully saturated rings. The molecule has 0 radical (unpaired) electrons. The molecular weight excluding hydrogens is 276 g/mol. The van der Waals surface area contributed by atoms with Gasteiger partial charge >= 0.3 is 0 Å². The fourth-order valence-corrected chi connectivity index (χ4v) is 1.84. The summed E-state index contributed by atoms with van der Waals surface area (Å²) in [6, 6.07) is 7.12. The summed E-state index contributed by atoms with van der Waals surface area (Å²) in [6.45, 7) is 0.500. The van der Waals surface area contributed by atoms with Crippen LogP contribution in [0.5, 0.6) is 0 Å². The van der Waals surface area contributed by atoms with Crippen LogP contribution in [0.15, 0.2) is 24.3 Å². The molecule has 1 amide bonds. The van der Waals surface area contributed by atoms with Gasteiger partial charge in [0.05, 0.1) is 6.26 Å². The molecule has 0 atom stereocenters. The van der Waals surface area contributed by atoms with Crippen molar-refractivity contribution in [2.75, 3.05) is 12.8 Å². The van der Waals surface area contributed by atoms with Gasteiger partial charge in [-0.05, 0) is 17.7 Å². The summed E-state index contributed by atoms with van der Waals surface area (Å²) in [5.41, 5.74) is 0.934. The number of rotatable bonds is 6. The molecule has 0 aliphatic carbocycles. The van der Waals surface area contributed by atoms with E-state index in [0.29, 0.717) is 11.6 Å². The van der Waals surface area contributed by atoms with E-state index in [4.69, 9.17) is 11.6 Å². The monoisotopic (exact) mass is 290 g/mol. The SMILES string of the molecule is CS(=O)(=O)NCCC(=O)NCc1ccc(Cl)cc1. The van der Waals surface area contributed by atoms with Gasteiger partial charge < -0.3 is 5.32 Å². The van der Waals surface area contributed by atoms with Gasteiger partial charge in [-0.3, -0.25) is 4.79 Å². The lowest BCUT2D eigenvalue weighted by Gasteiger charge is -2.05. The second kappa shape index (κ2) is 6.72. The first-order valence-corrected chi connectivity index (χ1v) is 7.59. The van der Waals surface area contributed by atoms with Crippen molar-refractivity contribution in [3.05, 3.63) is 34.9 Å². The van der Waals surface area contributed by atoms with Crippen LogP contribution < -0.4 is 10.0 Å². The van der Waals surface area contributed by atoms with Gasteiger partial charge in [-0.2, -0.15) is 0 Å². The van der Waals surface area contributed by atoms with E-state index in [1.165, 1.54) is 0 Å². The maximum absolute atomic E-state index is 11.4. The molecule has 1 aromatic rings. The van der Waals surface area contributed by atoms with Crippen molar-refractivity contribution in [3.63, 3.8) is 0 Å². The molecule has 0 bridgehead atoms. The summed E-state index contributed by atoms with van der Waals surface area (Å²) >= 11 is 5.73. The Morgan fingerprint density at radius 2 is 1.89 bits per heavy atom. The Morgan fingerprint density at radius 1 is 1.28 bits per heavy atom. The van der Waals surface area contributed by atoms with E-state index in [-0.39, 0.29) is 18.9 Å². The topological polar surface area (TPSA) is 75.3 Å². The van der Waals surface area contributed by atoms with Crippen molar-refractivity contribution in [1.29, 1.82) is 0 Å². The molecule has 0 saturated carbocycles. The highest BCUT2D eigenvalue weighted by atomic mass is 35.5. The van der Waals surface area contributed by atoms with E-state index >= 15 is 0 Å². The van der Waals surface area contributed by atoms with Gasteiger partial charge in [-0.15, -0.1) is 0 Å². The van der Waals surface area contributed by atoms with E-state index in [0.717, 1.165) is 11.8 Å². The number of sulfonamides is 1. The number of hydrogen-bond acceptors (Lipinski definition) is 3. The van der Waals surface area contributed by atoms with Gasteiger partial charge in [0.2, 0.25) is 15.9 Å². The van der Waals surface area contributed by atoms with Gasteiger partial charge in [0.1, 0.15) is 0 Å². The number of hydrogen-bond donors (Lipinski definition) is 2. The van der Waals surface area contributed by atoms with Gasteiger partial charge in [-0.1, -0.05) is 23.7 Å².